The van der Waals surface area contributed by atoms with Crippen LogP contribution in [-0.4, -0.2) is 71.3 Å². The van der Waals surface area contributed by atoms with E-state index < -0.39 is 0 Å². The molecule has 2 unspecified atom stereocenters. The molecule has 2 aliphatic rings. The molecule has 0 amide bonds. The van der Waals surface area contributed by atoms with Gasteiger partial charge in [0.25, 0.3) is 0 Å². The second-order valence-electron chi connectivity index (χ2n) is 5.97. The van der Waals surface area contributed by atoms with Gasteiger partial charge in [-0.25, -0.2) is 0 Å². The lowest BCUT2D eigenvalue weighted by molar-refractivity contribution is -0.211. The minimum Gasteiger partial charge on any atom is -0.374 e. The molecule has 0 aromatic rings. The second-order valence-corrected chi connectivity index (χ2v) is 9.39. The molecular weight excluding hydrogens is 328 g/mol. The van der Waals surface area contributed by atoms with Crippen LogP contribution in [0.3, 0.4) is 0 Å². The van der Waals surface area contributed by atoms with Crippen molar-refractivity contribution in [2.24, 2.45) is 0 Å². The van der Waals surface area contributed by atoms with E-state index in [-0.39, 0.29) is 31.6 Å². The van der Waals surface area contributed by atoms with Crippen LogP contribution in [0.4, 0.5) is 0 Å². The van der Waals surface area contributed by atoms with Gasteiger partial charge in [0.1, 0.15) is 0 Å². The average molecular weight is 365 g/mol. The van der Waals surface area contributed by atoms with Crippen LogP contribution in [0.15, 0.2) is 0 Å². The maximum absolute atomic E-state index is 5.50. The highest BCUT2D eigenvalue weighted by Gasteiger charge is 2.15. The first kappa shape index (κ1) is 21.3. The van der Waals surface area contributed by atoms with Gasteiger partial charge in [0, 0.05) is 45.3 Å². The highest BCUT2D eigenvalue weighted by molar-refractivity contribution is 6.33. The summed E-state index contributed by atoms with van der Waals surface area (Å²) in [6.07, 6.45) is 4.73. The summed E-state index contributed by atoms with van der Waals surface area (Å²) in [5.74, 6) is 0. The highest BCUT2D eigenvalue weighted by Crippen LogP contribution is 2.13. The van der Waals surface area contributed by atoms with Crippen molar-refractivity contribution in [2.75, 3.05) is 39.6 Å². The predicted octanol–water partition coefficient (Wildman–Crippen LogP) is 1.57. The normalized spacial score (nSPS) is 25.3. The largest absolute Gasteiger partial charge is 0.374 e. The molecule has 0 radical (unpaired) electrons. The lowest BCUT2D eigenvalue weighted by Crippen LogP contribution is -2.31. The monoisotopic (exact) mass is 364 g/mol. The van der Waals surface area contributed by atoms with Crippen LogP contribution >= 0.6 is 0 Å². The van der Waals surface area contributed by atoms with E-state index in [1.54, 1.807) is 0 Å². The molecule has 2 rings (SSSR count). The second kappa shape index (κ2) is 15.7. The fraction of sp³-hybridized carbons (Fsp3) is 1.00. The number of hydrogen-bond donors (Lipinski definition) is 0. The van der Waals surface area contributed by atoms with Gasteiger partial charge in [-0.05, 0) is 19.3 Å². The van der Waals surface area contributed by atoms with Gasteiger partial charge in [0.15, 0.2) is 12.6 Å². The van der Waals surface area contributed by atoms with Crippen LogP contribution in [-0.2, 0) is 23.7 Å². The summed E-state index contributed by atoms with van der Waals surface area (Å²) in [5.41, 5.74) is 0. The Morgan fingerprint density at radius 2 is 1.52 bits per heavy atom. The van der Waals surface area contributed by atoms with E-state index in [1.165, 1.54) is 31.4 Å². The van der Waals surface area contributed by atoms with Crippen LogP contribution in [0.2, 0.25) is 25.2 Å². The summed E-state index contributed by atoms with van der Waals surface area (Å²) in [6, 6.07) is 2.78. The Morgan fingerprint density at radius 3 is 2.04 bits per heavy atom. The van der Waals surface area contributed by atoms with Crippen LogP contribution < -0.4 is 0 Å². The van der Waals surface area contributed by atoms with Crippen molar-refractivity contribution in [3.8, 4) is 0 Å². The van der Waals surface area contributed by atoms with Crippen molar-refractivity contribution in [1.82, 2.24) is 0 Å². The molecule has 0 aromatic heterocycles. The smallest absolute Gasteiger partial charge is 0.180 e. The molecule has 0 aliphatic carbocycles. The van der Waals surface area contributed by atoms with E-state index in [2.05, 4.69) is 13.1 Å². The SMILES string of the molecule is C[SiH2]CCCOC1CCCO1.C[SiH2]CCCOC1COCCO1. The first-order valence-electron chi connectivity index (χ1n) is 9.41. The fourth-order valence-corrected chi connectivity index (χ4v) is 3.78. The zero-order valence-electron chi connectivity index (χ0n) is 15.1. The van der Waals surface area contributed by atoms with E-state index in [4.69, 9.17) is 23.7 Å². The van der Waals surface area contributed by atoms with Gasteiger partial charge < -0.3 is 23.7 Å². The van der Waals surface area contributed by atoms with E-state index >= 15 is 0 Å². The van der Waals surface area contributed by atoms with E-state index in [1.807, 2.05) is 0 Å². The average Bonchev–Trinajstić information content (AvgIpc) is 3.11. The molecule has 0 saturated carbocycles. The molecule has 0 bridgehead atoms. The topological polar surface area (TPSA) is 46.2 Å². The Hall–Kier alpha value is 0.234. The zero-order chi connectivity index (χ0) is 16.6. The summed E-state index contributed by atoms with van der Waals surface area (Å²) in [4.78, 5) is 0. The minimum atomic E-state index is -0.0997. The number of hydrogen-bond acceptors (Lipinski definition) is 5. The number of rotatable bonds is 10. The molecule has 2 fully saturated rings. The molecule has 0 spiro atoms. The van der Waals surface area contributed by atoms with Crippen molar-refractivity contribution in [2.45, 2.75) is 63.4 Å². The van der Waals surface area contributed by atoms with E-state index in [0.29, 0.717) is 19.8 Å². The summed E-state index contributed by atoms with van der Waals surface area (Å²) in [6.45, 7) is 9.28. The van der Waals surface area contributed by atoms with Crippen molar-refractivity contribution >= 4 is 19.0 Å². The summed E-state index contributed by atoms with van der Waals surface area (Å²) in [5, 5.41) is 0. The van der Waals surface area contributed by atoms with Gasteiger partial charge in [-0.15, -0.1) is 0 Å². The van der Waals surface area contributed by atoms with Gasteiger partial charge in [0.05, 0.1) is 19.8 Å². The molecule has 2 saturated heterocycles. The fourth-order valence-electron chi connectivity index (χ4n) is 2.38. The van der Waals surface area contributed by atoms with E-state index in [9.17, 15) is 0 Å². The summed E-state index contributed by atoms with van der Waals surface area (Å²) >= 11 is 0. The van der Waals surface area contributed by atoms with Gasteiger partial charge in [-0.1, -0.05) is 25.2 Å². The van der Waals surface area contributed by atoms with Crippen molar-refractivity contribution in [3.05, 3.63) is 0 Å². The molecule has 23 heavy (non-hydrogen) atoms. The third kappa shape index (κ3) is 12.3. The molecule has 5 nitrogen and oxygen atoms in total. The Kier molecular flexibility index (Phi) is 14.6. The quantitative estimate of drug-likeness (QED) is 0.435. The minimum absolute atomic E-state index is 0.0997. The molecule has 138 valence electrons. The number of ether oxygens (including phenoxy) is 5. The standard InChI is InChI=1S/C8H18O3Si.C8H18O2Si/c1-12-6-2-3-10-8-7-9-4-5-11-8;1-11-7-3-6-10-8-4-2-5-9-8/h8H,2-7,12H2,1H3;8H,2-7,11H2,1H3. The Bertz CT molecular complexity index is 247. The lowest BCUT2D eigenvalue weighted by Gasteiger charge is -2.22. The molecule has 0 N–H and O–H groups in total. The highest BCUT2D eigenvalue weighted by atomic mass is 28.2. The van der Waals surface area contributed by atoms with Gasteiger partial charge >= 0.3 is 0 Å². The van der Waals surface area contributed by atoms with Gasteiger partial charge in [-0.3, -0.25) is 0 Å². The summed E-state index contributed by atoms with van der Waals surface area (Å²) < 4.78 is 26.8. The maximum atomic E-state index is 5.50. The Labute approximate surface area is 146 Å². The van der Waals surface area contributed by atoms with E-state index in [0.717, 1.165) is 26.2 Å². The first-order valence-corrected chi connectivity index (χ1v) is 14.2. The third-order valence-electron chi connectivity index (χ3n) is 3.78. The molecular formula is C16H36O5Si2. The zero-order valence-corrected chi connectivity index (χ0v) is 17.9. The lowest BCUT2D eigenvalue weighted by atomic mass is 10.4. The molecule has 7 heteroatoms. The molecule has 0 aromatic carbocycles. The van der Waals surface area contributed by atoms with Crippen LogP contribution in [0.5, 0.6) is 0 Å². The third-order valence-corrected chi connectivity index (χ3v) is 6.19. The molecule has 2 heterocycles. The van der Waals surface area contributed by atoms with Crippen molar-refractivity contribution in [3.63, 3.8) is 0 Å². The van der Waals surface area contributed by atoms with Crippen LogP contribution in [0, 0.1) is 0 Å². The Morgan fingerprint density at radius 1 is 0.870 bits per heavy atom. The maximum Gasteiger partial charge on any atom is 0.180 e. The molecule has 2 atom stereocenters. The summed E-state index contributed by atoms with van der Waals surface area (Å²) in [7, 11) is 0.465. The van der Waals surface area contributed by atoms with Gasteiger partial charge in [-0.2, -0.15) is 0 Å². The Balaban J connectivity index is 0.000000231. The van der Waals surface area contributed by atoms with Crippen molar-refractivity contribution in [1.29, 1.82) is 0 Å². The van der Waals surface area contributed by atoms with Crippen LogP contribution in [0.1, 0.15) is 25.7 Å². The first-order chi connectivity index (χ1) is 11.4. The molecule has 2 aliphatic heterocycles. The predicted molar refractivity (Wildman–Crippen MR) is 99.1 cm³/mol. The van der Waals surface area contributed by atoms with Crippen LogP contribution in [0.25, 0.3) is 0 Å². The van der Waals surface area contributed by atoms with Crippen molar-refractivity contribution < 1.29 is 23.7 Å². The van der Waals surface area contributed by atoms with Gasteiger partial charge in [0.2, 0.25) is 0 Å².